The van der Waals surface area contributed by atoms with Crippen LogP contribution in [0.3, 0.4) is 0 Å². The molecule has 0 radical (unpaired) electrons. The molecule has 0 aliphatic rings. The Kier molecular flexibility index (Phi) is 4.60. The van der Waals surface area contributed by atoms with Crippen LogP contribution in [-0.4, -0.2) is 16.6 Å². The smallest absolute Gasteiger partial charge is 0.222 e. The average Bonchev–Trinajstić information content (AvgIpc) is 2.43. The van der Waals surface area contributed by atoms with E-state index >= 15 is 0 Å². The van der Waals surface area contributed by atoms with Gasteiger partial charge in [-0.3, -0.25) is 4.79 Å². The minimum atomic E-state index is -0.290. The van der Waals surface area contributed by atoms with Gasteiger partial charge in [-0.15, -0.1) is 11.3 Å². The Balaban J connectivity index is 2.64. The van der Waals surface area contributed by atoms with Gasteiger partial charge >= 0.3 is 0 Å². The molecule has 1 rings (SSSR count). The van der Waals surface area contributed by atoms with E-state index in [0.717, 1.165) is 20.7 Å². The van der Waals surface area contributed by atoms with Gasteiger partial charge in [-0.25, -0.2) is 4.98 Å². The van der Waals surface area contributed by atoms with E-state index in [2.05, 4.69) is 18.8 Å². The Bertz CT molecular complexity index is 347. The standard InChI is InChI=1S/C10H16N2OS2/c1-6(2)5-14-10-12-7(3)8(15-10)4-9(11)13/h6H,4-5H2,1-3H3,(H2,11,13). The summed E-state index contributed by atoms with van der Waals surface area (Å²) in [6.45, 7) is 6.28. The molecule has 0 bridgehead atoms. The maximum atomic E-state index is 10.8. The van der Waals surface area contributed by atoms with Gasteiger partial charge in [0.25, 0.3) is 0 Å². The van der Waals surface area contributed by atoms with Crippen molar-refractivity contribution in [1.82, 2.24) is 4.98 Å². The molecular formula is C10H16N2OS2. The summed E-state index contributed by atoms with van der Waals surface area (Å²) >= 11 is 3.33. The predicted octanol–water partition coefficient (Wildman–Crippen LogP) is 2.23. The molecule has 15 heavy (non-hydrogen) atoms. The van der Waals surface area contributed by atoms with Gasteiger partial charge in [-0.2, -0.15) is 0 Å². The number of aryl methyl sites for hydroxylation is 1. The van der Waals surface area contributed by atoms with Crippen molar-refractivity contribution >= 4 is 29.0 Å². The molecule has 0 unspecified atom stereocenters. The predicted molar refractivity (Wildman–Crippen MR) is 65.3 cm³/mol. The summed E-state index contributed by atoms with van der Waals surface area (Å²) in [6, 6.07) is 0. The number of nitrogens with zero attached hydrogens (tertiary/aromatic N) is 1. The first-order valence-corrected chi connectivity index (χ1v) is 6.66. The fourth-order valence-electron chi connectivity index (χ4n) is 1.02. The van der Waals surface area contributed by atoms with Crippen LogP contribution in [0.5, 0.6) is 0 Å². The number of amides is 1. The van der Waals surface area contributed by atoms with Gasteiger partial charge in [0.15, 0.2) is 0 Å². The highest BCUT2D eigenvalue weighted by atomic mass is 32.2. The summed E-state index contributed by atoms with van der Waals surface area (Å²) in [5, 5.41) is 0. The molecule has 2 N–H and O–H groups in total. The van der Waals surface area contributed by atoms with Gasteiger partial charge in [0.1, 0.15) is 4.34 Å². The fraction of sp³-hybridized carbons (Fsp3) is 0.600. The first-order chi connectivity index (χ1) is 6.99. The number of carbonyl (C=O) groups is 1. The maximum absolute atomic E-state index is 10.8. The van der Waals surface area contributed by atoms with Crippen LogP contribution in [0.2, 0.25) is 0 Å². The Labute approximate surface area is 98.5 Å². The molecule has 1 aromatic rings. The van der Waals surface area contributed by atoms with E-state index in [1.165, 1.54) is 0 Å². The van der Waals surface area contributed by atoms with Crippen molar-refractivity contribution in [1.29, 1.82) is 0 Å². The molecule has 0 fully saturated rings. The van der Waals surface area contributed by atoms with Crippen molar-refractivity contribution in [2.75, 3.05) is 5.75 Å². The van der Waals surface area contributed by atoms with Crippen LogP contribution in [0, 0.1) is 12.8 Å². The van der Waals surface area contributed by atoms with Crippen LogP contribution in [0.1, 0.15) is 24.4 Å². The molecule has 0 spiro atoms. The molecule has 0 atom stereocenters. The first kappa shape index (κ1) is 12.5. The van der Waals surface area contributed by atoms with E-state index in [1.807, 2.05) is 6.92 Å². The van der Waals surface area contributed by atoms with Gasteiger partial charge in [-0.05, 0) is 12.8 Å². The number of thiazole rings is 1. The number of primary amides is 1. The van der Waals surface area contributed by atoms with E-state index in [4.69, 9.17) is 5.73 Å². The third-order valence-electron chi connectivity index (χ3n) is 1.75. The highest BCUT2D eigenvalue weighted by Gasteiger charge is 2.10. The quantitative estimate of drug-likeness (QED) is 0.808. The number of hydrogen-bond acceptors (Lipinski definition) is 4. The zero-order valence-corrected chi connectivity index (χ0v) is 10.9. The molecular weight excluding hydrogens is 228 g/mol. The van der Waals surface area contributed by atoms with E-state index in [0.29, 0.717) is 12.3 Å². The van der Waals surface area contributed by atoms with Crippen LogP contribution in [0.15, 0.2) is 4.34 Å². The topological polar surface area (TPSA) is 56.0 Å². The minimum Gasteiger partial charge on any atom is -0.369 e. The lowest BCUT2D eigenvalue weighted by atomic mass is 10.3. The monoisotopic (exact) mass is 244 g/mol. The summed E-state index contributed by atoms with van der Waals surface area (Å²) in [4.78, 5) is 16.2. The number of thioether (sulfide) groups is 1. The van der Waals surface area contributed by atoms with Gasteiger partial charge in [0.2, 0.25) is 5.91 Å². The molecule has 0 aromatic carbocycles. The number of hydrogen-bond donors (Lipinski definition) is 1. The highest BCUT2D eigenvalue weighted by Crippen LogP contribution is 2.28. The van der Waals surface area contributed by atoms with Crippen LogP contribution in [0.4, 0.5) is 0 Å². The zero-order valence-electron chi connectivity index (χ0n) is 9.24. The van der Waals surface area contributed by atoms with Crippen molar-refractivity contribution < 1.29 is 4.79 Å². The van der Waals surface area contributed by atoms with Crippen LogP contribution < -0.4 is 5.73 Å². The van der Waals surface area contributed by atoms with Crippen LogP contribution in [0.25, 0.3) is 0 Å². The number of aromatic nitrogens is 1. The van der Waals surface area contributed by atoms with E-state index in [1.54, 1.807) is 23.1 Å². The first-order valence-electron chi connectivity index (χ1n) is 4.86. The Morgan fingerprint density at radius 2 is 2.27 bits per heavy atom. The van der Waals surface area contributed by atoms with Gasteiger partial charge in [0, 0.05) is 10.6 Å². The third kappa shape index (κ3) is 4.22. The Hall–Kier alpha value is -0.550. The molecule has 0 aliphatic carbocycles. The van der Waals surface area contributed by atoms with Gasteiger partial charge in [-0.1, -0.05) is 25.6 Å². The molecule has 1 amide bonds. The average molecular weight is 244 g/mol. The number of nitrogens with two attached hydrogens (primary N) is 1. The summed E-state index contributed by atoms with van der Waals surface area (Å²) in [5.41, 5.74) is 6.09. The van der Waals surface area contributed by atoms with Crippen LogP contribution in [-0.2, 0) is 11.2 Å². The lowest BCUT2D eigenvalue weighted by Gasteiger charge is -1.99. The summed E-state index contributed by atoms with van der Waals surface area (Å²) < 4.78 is 1.04. The fourth-order valence-corrected chi connectivity index (χ4v) is 3.24. The van der Waals surface area contributed by atoms with E-state index in [9.17, 15) is 4.79 Å². The summed E-state index contributed by atoms with van der Waals surface area (Å²) in [6.07, 6.45) is 0.311. The van der Waals surface area contributed by atoms with Crippen molar-refractivity contribution in [3.05, 3.63) is 10.6 Å². The van der Waals surface area contributed by atoms with Crippen molar-refractivity contribution in [2.24, 2.45) is 11.7 Å². The second kappa shape index (κ2) is 5.51. The van der Waals surface area contributed by atoms with Gasteiger partial charge in [0.05, 0.1) is 12.1 Å². The Morgan fingerprint density at radius 1 is 1.60 bits per heavy atom. The number of carbonyl (C=O) groups excluding carboxylic acids is 1. The highest BCUT2D eigenvalue weighted by molar-refractivity contribution is 8.01. The lowest BCUT2D eigenvalue weighted by Crippen LogP contribution is -2.13. The molecule has 5 heteroatoms. The molecule has 0 saturated heterocycles. The SMILES string of the molecule is Cc1nc(SCC(C)C)sc1CC(N)=O. The third-order valence-corrected chi connectivity index (χ3v) is 4.48. The molecule has 3 nitrogen and oxygen atoms in total. The van der Waals surface area contributed by atoms with Crippen molar-refractivity contribution in [3.8, 4) is 0 Å². The second-order valence-electron chi connectivity index (χ2n) is 3.84. The number of rotatable bonds is 5. The molecule has 1 heterocycles. The van der Waals surface area contributed by atoms with E-state index < -0.39 is 0 Å². The Morgan fingerprint density at radius 3 is 2.80 bits per heavy atom. The van der Waals surface area contributed by atoms with Crippen molar-refractivity contribution in [3.63, 3.8) is 0 Å². The lowest BCUT2D eigenvalue weighted by molar-refractivity contribution is -0.117. The minimum absolute atomic E-state index is 0.290. The maximum Gasteiger partial charge on any atom is 0.222 e. The molecule has 0 aliphatic heterocycles. The molecule has 84 valence electrons. The van der Waals surface area contributed by atoms with Gasteiger partial charge < -0.3 is 5.73 Å². The molecule has 1 aromatic heterocycles. The molecule has 0 saturated carbocycles. The van der Waals surface area contributed by atoms with Crippen molar-refractivity contribution in [2.45, 2.75) is 31.5 Å². The van der Waals surface area contributed by atoms with Crippen LogP contribution >= 0.6 is 23.1 Å². The largest absolute Gasteiger partial charge is 0.369 e. The summed E-state index contributed by atoms with van der Waals surface area (Å²) in [7, 11) is 0. The second-order valence-corrected chi connectivity index (χ2v) is 6.19. The summed E-state index contributed by atoms with van der Waals surface area (Å²) in [5.74, 6) is 1.42. The van der Waals surface area contributed by atoms with E-state index in [-0.39, 0.29) is 5.91 Å². The zero-order chi connectivity index (χ0) is 11.4. The normalized spacial score (nSPS) is 10.9.